The van der Waals surface area contributed by atoms with Gasteiger partial charge in [0, 0.05) is 16.7 Å². The van der Waals surface area contributed by atoms with Crippen molar-refractivity contribution in [3.05, 3.63) is 29.1 Å². The molecule has 0 saturated carbocycles. The third-order valence-electron chi connectivity index (χ3n) is 3.02. The summed E-state index contributed by atoms with van der Waals surface area (Å²) in [4.78, 5) is 4.46. The fraction of sp³-hybridized carbons (Fsp3) is 0.429. The molecule has 0 bridgehead atoms. The molecule has 1 aromatic carbocycles. The van der Waals surface area contributed by atoms with Crippen LogP contribution in [0.5, 0.6) is 0 Å². The Morgan fingerprint density at radius 2 is 1.83 bits per heavy atom. The average Bonchev–Trinajstić information content (AvgIpc) is 2.71. The van der Waals surface area contributed by atoms with Gasteiger partial charge < -0.3 is 10.3 Å². The third-order valence-corrected chi connectivity index (χ3v) is 3.02. The Kier molecular flexibility index (Phi) is 2.89. The number of benzene rings is 1. The van der Waals surface area contributed by atoms with Gasteiger partial charge in [0.25, 0.3) is 5.89 Å². The van der Waals surface area contributed by atoms with Crippen LogP contribution in [0.2, 0.25) is 0 Å². The lowest BCUT2D eigenvalue weighted by molar-refractivity contribution is 0.402. The van der Waals surface area contributed by atoms with Crippen LogP contribution < -0.4 is 5.73 Å². The van der Waals surface area contributed by atoms with Gasteiger partial charge >= 0.3 is 0 Å². The molecule has 0 radical (unpaired) electrons. The Bertz CT molecular complexity index is 579. The van der Waals surface area contributed by atoms with Gasteiger partial charge in [-0.25, -0.2) is 0 Å². The lowest BCUT2D eigenvalue weighted by Crippen LogP contribution is -2.13. The summed E-state index contributed by atoms with van der Waals surface area (Å²) in [5.41, 5.74) is 9.62. The molecule has 1 heterocycles. The quantitative estimate of drug-likeness (QED) is 0.783. The number of hydrogen-bond acceptors (Lipinski definition) is 4. The van der Waals surface area contributed by atoms with Gasteiger partial charge in [-0.2, -0.15) is 4.98 Å². The first-order chi connectivity index (χ1) is 8.29. The van der Waals surface area contributed by atoms with E-state index < -0.39 is 0 Å². The lowest BCUT2D eigenvalue weighted by atomic mass is 9.96. The Morgan fingerprint density at radius 3 is 2.39 bits per heavy atom. The number of nitrogens with zero attached hydrogens (tertiary/aromatic N) is 2. The Hall–Kier alpha value is -1.84. The number of nitrogen functional groups attached to an aromatic ring is 1. The highest BCUT2D eigenvalue weighted by atomic mass is 16.5. The molecule has 0 spiro atoms. The molecule has 0 atom stereocenters. The molecular formula is C14H19N3O. The number of aryl methyl sites for hydroxylation is 1. The lowest BCUT2D eigenvalue weighted by Gasteiger charge is -2.11. The van der Waals surface area contributed by atoms with E-state index in [1.807, 2.05) is 26.0 Å². The van der Waals surface area contributed by atoms with Gasteiger partial charge in [-0.15, -0.1) is 0 Å². The van der Waals surface area contributed by atoms with Crippen molar-refractivity contribution < 1.29 is 4.52 Å². The fourth-order valence-electron chi connectivity index (χ4n) is 1.75. The summed E-state index contributed by atoms with van der Waals surface area (Å²) in [6.07, 6.45) is 0. The molecule has 0 aliphatic carbocycles. The second kappa shape index (κ2) is 4.12. The molecule has 2 aromatic rings. The molecule has 2 N–H and O–H groups in total. The van der Waals surface area contributed by atoms with E-state index in [0.717, 1.165) is 16.7 Å². The van der Waals surface area contributed by atoms with Crippen LogP contribution in [0.15, 0.2) is 16.7 Å². The highest BCUT2D eigenvalue weighted by molar-refractivity contribution is 5.66. The predicted molar refractivity (Wildman–Crippen MR) is 72.3 cm³/mol. The summed E-state index contributed by atoms with van der Waals surface area (Å²) in [6.45, 7) is 10.2. The molecular weight excluding hydrogens is 226 g/mol. The standard InChI is InChI=1S/C14H19N3O/c1-8-6-10(15)7-11(9(8)2)12-16-13(17-18-12)14(3,4)5/h6-7H,15H2,1-5H3. The van der Waals surface area contributed by atoms with Crippen LogP contribution in [0.25, 0.3) is 11.5 Å². The van der Waals surface area contributed by atoms with E-state index in [1.165, 1.54) is 0 Å². The molecule has 2 rings (SSSR count). The minimum atomic E-state index is -0.120. The smallest absolute Gasteiger partial charge is 0.258 e. The first-order valence-electron chi connectivity index (χ1n) is 6.00. The maximum atomic E-state index is 5.87. The van der Waals surface area contributed by atoms with E-state index in [0.29, 0.717) is 17.4 Å². The fourth-order valence-corrected chi connectivity index (χ4v) is 1.75. The molecule has 4 heteroatoms. The predicted octanol–water partition coefficient (Wildman–Crippen LogP) is 3.23. The largest absolute Gasteiger partial charge is 0.399 e. The maximum Gasteiger partial charge on any atom is 0.258 e. The molecule has 0 fully saturated rings. The molecule has 1 aromatic heterocycles. The van der Waals surface area contributed by atoms with E-state index in [1.54, 1.807) is 0 Å². The number of hydrogen-bond donors (Lipinski definition) is 1. The van der Waals surface area contributed by atoms with E-state index in [4.69, 9.17) is 10.3 Å². The van der Waals surface area contributed by atoms with Crippen LogP contribution in [0.4, 0.5) is 5.69 Å². The molecule has 0 amide bonds. The van der Waals surface area contributed by atoms with E-state index in [9.17, 15) is 0 Å². The normalized spacial score (nSPS) is 11.8. The summed E-state index contributed by atoms with van der Waals surface area (Å²) in [7, 11) is 0. The van der Waals surface area contributed by atoms with Gasteiger partial charge in [-0.05, 0) is 37.1 Å². The Labute approximate surface area is 107 Å². The summed E-state index contributed by atoms with van der Waals surface area (Å²) < 4.78 is 5.35. The SMILES string of the molecule is Cc1cc(N)cc(-c2nc(C(C)(C)C)no2)c1C. The number of aromatic nitrogens is 2. The van der Waals surface area contributed by atoms with Crippen molar-refractivity contribution in [3.8, 4) is 11.5 Å². The van der Waals surface area contributed by atoms with E-state index in [2.05, 4.69) is 30.9 Å². The first-order valence-corrected chi connectivity index (χ1v) is 6.00. The van der Waals surface area contributed by atoms with Gasteiger partial charge in [0.1, 0.15) is 0 Å². The van der Waals surface area contributed by atoms with Gasteiger partial charge in [-0.1, -0.05) is 25.9 Å². The van der Waals surface area contributed by atoms with Crippen molar-refractivity contribution in [1.29, 1.82) is 0 Å². The van der Waals surface area contributed by atoms with Gasteiger partial charge in [-0.3, -0.25) is 0 Å². The summed E-state index contributed by atoms with van der Waals surface area (Å²) >= 11 is 0. The van der Waals surface area contributed by atoms with Crippen molar-refractivity contribution >= 4 is 5.69 Å². The minimum absolute atomic E-state index is 0.120. The monoisotopic (exact) mass is 245 g/mol. The van der Waals surface area contributed by atoms with Crippen LogP contribution in [0.1, 0.15) is 37.7 Å². The van der Waals surface area contributed by atoms with Crippen molar-refractivity contribution in [2.24, 2.45) is 0 Å². The Balaban J connectivity index is 2.53. The van der Waals surface area contributed by atoms with Gasteiger partial charge in [0.15, 0.2) is 5.82 Å². The second-order valence-corrected chi connectivity index (χ2v) is 5.68. The van der Waals surface area contributed by atoms with Crippen LogP contribution in [0.3, 0.4) is 0 Å². The summed E-state index contributed by atoms with van der Waals surface area (Å²) in [5.74, 6) is 1.24. The highest BCUT2D eigenvalue weighted by Crippen LogP contribution is 2.29. The van der Waals surface area contributed by atoms with Gasteiger partial charge in [0.2, 0.25) is 0 Å². The van der Waals surface area contributed by atoms with Crippen LogP contribution >= 0.6 is 0 Å². The van der Waals surface area contributed by atoms with Crippen LogP contribution in [0, 0.1) is 13.8 Å². The third kappa shape index (κ3) is 2.23. The van der Waals surface area contributed by atoms with E-state index >= 15 is 0 Å². The second-order valence-electron chi connectivity index (χ2n) is 5.68. The van der Waals surface area contributed by atoms with Crippen molar-refractivity contribution in [2.45, 2.75) is 40.0 Å². The highest BCUT2D eigenvalue weighted by Gasteiger charge is 2.22. The summed E-state index contributed by atoms with van der Waals surface area (Å²) in [6, 6.07) is 3.82. The topological polar surface area (TPSA) is 64.9 Å². The average molecular weight is 245 g/mol. The molecule has 0 aliphatic rings. The molecule has 4 nitrogen and oxygen atoms in total. The van der Waals surface area contributed by atoms with Crippen molar-refractivity contribution in [1.82, 2.24) is 10.1 Å². The van der Waals surface area contributed by atoms with Crippen molar-refractivity contribution in [3.63, 3.8) is 0 Å². The number of nitrogens with two attached hydrogens (primary N) is 1. The van der Waals surface area contributed by atoms with Crippen LogP contribution in [-0.2, 0) is 5.41 Å². The molecule has 0 unspecified atom stereocenters. The maximum absolute atomic E-state index is 5.87. The first kappa shape index (κ1) is 12.6. The number of anilines is 1. The molecule has 0 aliphatic heterocycles. The van der Waals surface area contributed by atoms with Crippen molar-refractivity contribution in [2.75, 3.05) is 5.73 Å². The van der Waals surface area contributed by atoms with E-state index in [-0.39, 0.29) is 5.41 Å². The number of rotatable bonds is 1. The van der Waals surface area contributed by atoms with Gasteiger partial charge in [0.05, 0.1) is 0 Å². The zero-order chi connectivity index (χ0) is 13.5. The molecule has 0 saturated heterocycles. The minimum Gasteiger partial charge on any atom is -0.399 e. The zero-order valence-electron chi connectivity index (χ0n) is 11.5. The summed E-state index contributed by atoms with van der Waals surface area (Å²) in [5, 5.41) is 4.04. The van der Waals surface area contributed by atoms with Crippen LogP contribution in [-0.4, -0.2) is 10.1 Å². The zero-order valence-corrected chi connectivity index (χ0v) is 11.5. The molecule has 18 heavy (non-hydrogen) atoms. The Morgan fingerprint density at radius 1 is 1.17 bits per heavy atom. The molecule has 96 valence electrons.